The molecule has 0 radical (unpaired) electrons. The third-order valence-electron chi connectivity index (χ3n) is 2.98. The largest absolute Gasteiger partial charge is 0.454 e. The molecular weight excluding hydrogens is 260 g/mol. The van der Waals surface area contributed by atoms with Crippen LogP contribution in [0, 0.1) is 18.6 Å². The fraction of sp³-hybridized carbons (Fsp3) is 0.250. The zero-order chi connectivity index (χ0) is 14.7. The van der Waals surface area contributed by atoms with Crippen LogP contribution in [0.2, 0.25) is 0 Å². The zero-order valence-electron chi connectivity index (χ0n) is 11.5. The minimum absolute atomic E-state index is 0.00532. The van der Waals surface area contributed by atoms with E-state index in [1.54, 1.807) is 6.07 Å². The van der Waals surface area contributed by atoms with Crippen LogP contribution >= 0.6 is 0 Å². The van der Waals surface area contributed by atoms with Gasteiger partial charge in [-0.15, -0.1) is 0 Å². The standard InChI is InChI=1S/C16H17F2NO/c1-10-7-14(5-3-12(10)8-11(2)19)20-16-6-4-13(17)9-15(16)18/h3-7,9,11H,8,19H2,1-2H3. The number of halogens is 2. The van der Waals surface area contributed by atoms with Crippen LogP contribution in [0.4, 0.5) is 8.78 Å². The van der Waals surface area contributed by atoms with E-state index < -0.39 is 11.6 Å². The number of nitrogens with two attached hydrogens (primary N) is 1. The van der Waals surface area contributed by atoms with Crippen LogP contribution in [0.25, 0.3) is 0 Å². The Morgan fingerprint density at radius 3 is 2.50 bits per heavy atom. The average molecular weight is 277 g/mol. The van der Waals surface area contributed by atoms with Gasteiger partial charge in [-0.3, -0.25) is 0 Å². The second-order valence-corrected chi connectivity index (χ2v) is 4.95. The first-order chi connectivity index (χ1) is 9.45. The fourth-order valence-corrected chi connectivity index (χ4v) is 1.99. The predicted molar refractivity (Wildman–Crippen MR) is 75.0 cm³/mol. The summed E-state index contributed by atoms with van der Waals surface area (Å²) in [5, 5.41) is 0. The quantitative estimate of drug-likeness (QED) is 0.918. The van der Waals surface area contributed by atoms with Crippen molar-refractivity contribution in [3.63, 3.8) is 0 Å². The molecule has 1 unspecified atom stereocenters. The number of hydrogen-bond donors (Lipinski definition) is 1. The molecule has 20 heavy (non-hydrogen) atoms. The summed E-state index contributed by atoms with van der Waals surface area (Å²) in [5.41, 5.74) is 7.93. The molecule has 0 aliphatic heterocycles. The van der Waals surface area contributed by atoms with Gasteiger partial charge in [-0.1, -0.05) is 6.07 Å². The van der Waals surface area contributed by atoms with E-state index in [0.29, 0.717) is 5.75 Å². The van der Waals surface area contributed by atoms with Gasteiger partial charge in [0.2, 0.25) is 0 Å². The van der Waals surface area contributed by atoms with Crippen LogP contribution in [0.3, 0.4) is 0 Å². The number of rotatable bonds is 4. The maximum absolute atomic E-state index is 13.5. The summed E-state index contributed by atoms with van der Waals surface area (Å²) < 4.78 is 31.8. The highest BCUT2D eigenvalue weighted by Crippen LogP contribution is 2.26. The molecule has 2 aromatic carbocycles. The highest BCUT2D eigenvalue weighted by molar-refractivity contribution is 5.38. The summed E-state index contributed by atoms with van der Waals surface area (Å²) in [6.07, 6.45) is 0.775. The Labute approximate surface area is 117 Å². The molecule has 2 rings (SSSR count). The summed E-state index contributed by atoms with van der Waals surface area (Å²) in [5.74, 6) is -0.826. The van der Waals surface area contributed by atoms with Gasteiger partial charge in [-0.25, -0.2) is 8.78 Å². The first-order valence-electron chi connectivity index (χ1n) is 6.43. The lowest BCUT2D eigenvalue weighted by Gasteiger charge is -2.12. The molecule has 0 saturated carbocycles. The minimum atomic E-state index is -0.720. The molecule has 2 N–H and O–H groups in total. The van der Waals surface area contributed by atoms with Crippen molar-refractivity contribution >= 4 is 0 Å². The molecule has 0 heterocycles. The lowest BCUT2D eigenvalue weighted by Crippen LogP contribution is -2.18. The smallest absolute Gasteiger partial charge is 0.168 e. The predicted octanol–water partition coefficient (Wildman–Crippen LogP) is 3.96. The molecule has 0 saturated heterocycles. The Kier molecular flexibility index (Phi) is 4.35. The Bertz CT molecular complexity index is 611. The van der Waals surface area contributed by atoms with Crippen molar-refractivity contribution in [3.8, 4) is 11.5 Å². The van der Waals surface area contributed by atoms with Crippen LogP contribution in [0.15, 0.2) is 36.4 Å². The SMILES string of the molecule is Cc1cc(Oc2ccc(F)cc2F)ccc1CC(C)N. The Balaban J connectivity index is 2.20. The van der Waals surface area contributed by atoms with Gasteiger partial charge in [0, 0.05) is 12.1 Å². The van der Waals surface area contributed by atoms with Gasteiger partial charge in [0.15, 0.2) is 11.6 Å². The molecule has 2 aromatic rings. The minimum Gasteiger partial charge on any atom is -0.454 e. The van der Waals surface area contributed by atoms with Gasteiger partial charge in [0.1, 0.15) is 11.6 Å². The Morgan fingerprint density at radius 1 is 1.15 bits per heavy atom. The van der Waals surface area contributed by atoms with E-state index in [9.17, 15) is 8.78 Å². The lowest BCUT2D eigenvalue weighted by atomic mass is 10.0. The monoisotopic (exact) mass is 277 g/mol. The number of benzene rings is 2. The Morgan fingerprint density at radius 2 is 1.90 bits per heavy atom. The van der Waals surface area contributed by atoms with E-state index in [-0.39, 0.29) is 11.8 Å². The van der Waals surface area contributed by atoms with E-state index in [0.717, 1.165) is 29.7 Å². The summed E-state index contributed by atoms with van der Waals surface area (Å²) in [4.78, 5) is 0. The molecule has 0 aliphatic rings. The second-order valence-electron chi connectivity index (χ2n) is 4.95. The molecular formula is C16H17F2NO. The summed E-state index contributed by atoms with van der Waals surface area (Å²) in [6, 6.07) is 8.80. The van der Waals surface area contributed by atoms with E-state index in [1.165, 1.54) is 6.07 Å². The molecule has 0 bridgehead atoms. The topological polar surface area (TPSA) is 35.2 Å². The maximum atomic E-state index is 13.5. The number of hydrogen-bond acceptors (Lipinski definition) is 2. The van der Waals surface area contributed by atoms with Crippen LogP contribution in [-0.4, -0.2) is 6.04 Å². The molecule has 1 atom stereocenters. The first kappa shape index (κ1) is 14.5. The molecule has 0 spiro atoms. The van der Waals surface area contributed by atoms with Gasteiger partial charge >= 0.3 is 0 Å². The van der Waals surface area contributed by atoms with E-state index in [4.69, 9.17) is 10.5 Å². The Hall–Kier alpha value is -1.94. The van der Waals surface area contributed by atoms with Gasteiger partial charge in [0.25, 0.3) is 0 Å². The lowest BCUT2D eigenvalue weighted by molar-refractivity contribution is 0.437. The average Bonchev–Trinajstić information content (AvgIpc) is 2.36. The van der Waals surface area contributed by atoms with E-state index in [2.05, 4.69) is 0 Å². The molecule has 2 nitrogen and oxygen atoms in total. The van der Waals surface area contributed by atoms with Crippen molar-refractivity contribution in [2.75, 3.05) is 0 Å². The molecule has 0 aliphatic carbocycles. The van der Waals surface area contributed by atoms with Crippen molar-refractivity contribution in [2.24, 2.45) is 5.73 Å². The highest BCUT2D eigenvalue weighted by Gasteiger charge is 2.08. The van der Waals surface area contributed by atoms with Crippen molar-refractivity contribution in [1.29, 1.82) is 0 Å². The van der Waals surface area contributed by atoms with Crippen molar-refractivity contribution in [1.82, 2.24) is 0 Å². The van der Waals surface area contributed by atoms with Crippen LogP contribution in [-0.2, 0) is 6.42 Å². The molecule has 0 fully saturated rings. The number of aryl methyl sites for hydroxylation is 1. The maximum Gasteiger partial charge on any atom is 0.168 e. The van der Waals surface area contributed by atoms with Gasteiger partial charge in [-0.05, 0) is 55.7 Å². The van der Waals surface area contributed by atoms with E-state index >= 15 is 0 Å². The fourth-order valence-electron chi connectivity index (χ4n) is 1.99. The molecule has 4 heteroatoms. The third-order valence-corrected chi connectivity index (χ3v) is 2.98. The van der Waals surface area contributed by atoms with Crippen molar-refractivity contribution in [2.45, 2.75) is 26.3 Å². The second kappa shape index (κ2) is 6.01. The van der Waals surface area contributed by atoms with Crippen molar-refractivity contribution < 1.29 is 13.5 Å². The molecule has 0 aromatic heterocycles. The first-order valence-corrected chi connectivity index (χ1v) is 6.43. The van der Waals surface area contributed by atoms with Gasteiger partial charge in [0.05, 0.1) is 0 Å². The van der Waals surface area contributed by atoms with Gasteiger partial charge in [-0.2, -0.15) is 0 Å². The normalized spacial score (nSPS) is 12.2. The van der Waals surface area contributed by atoms with E-state index in [1.807, 2.05) is 26.0 Å². The third kappa shape index (κ3) is 3.54. The molecule has 106 valence electrons. The number of ether oxygens (including phenoxy) is 1. The van der Waals surface area contributed by atoms with Crippen LogP contribution < -0.4 is 10.5 Å². The summed E-state index contributed by atoms with van der Waals surface area (Å²) in [7, 11) is 0. The molecule has 0 amide bonds. The van der Waals surface area contributed by atoms with Gasteiger partial charge < -0.3 is 10.5 Å². The summed E-state index contributed by atoms with van der Waals surface area (Å²) >= 11 is 0. The zero-order valence-corrected chi connectivity index (χ0v) is 11.5. The highest BCUT2D eigenvalue weighted by atomic mass is 19.1. The summed E-state index contributed by atoms with van der Waals surface area (Å²) in [6.45, 7) is 3.89. The van der Waals surface area contributed by atoms with Crippen LogP contribution in [0.1, 0.15) is 18.1 Å². The van der Waals surface area contributed by atoms with Crippen LogP contribution in [0.5, 0.6) is 11.5 Å². The van der Waals surface area contributed by atoms with Crippen molar-refractivity contribution in [3.05, 3.63) is 59.2 Å².